The molecular formula is C21H23FN6O2. The molecule has 2 unspecified atom stereocenters. The maximum absolute atomic E-state index is 13.3. The minimum Gasteiger partial charge on any atom is -0.497 e. The van der Waals surface area contributed by atoms with Crippen LogP contribution in [-0.4, -0.2) is 51.8 Å². The number of ether oxygens (including phenoxy) is 1. The van der Waals surface area contributed by atoms with E-state index in [1.807, 2.05) is 29.2 Å². The first-order valence-electron chi connectivity index (χ1n) is 9.62. The van der Waals surface area contributed by atoms with Crippen LogP contribution in [0.3, 0.4) is 0 Å². The number of rotatable bonds is 7. The lowest BCUT2D eigenvalue weighted by Crippen LogP contribution is -2.50. The molecule has 2 atom stereocenters. The van der Waals surface area contributed by atoms with Gasteiger partial charge in [0.15, 0.2) is 5.82 Å². The zero-order valence-electron chi connectivity index (χ0n) is 16.6. The third kappa shape index (κ3) is 3.94. The summed E-state index contributed by atoms with van der Waals surface area (Å²) in [5.74, 6) is 0.513. The molecule has 3 heterocycles. The second-order valence-electron chi connectivity index (χ2n) is 7.22. The first-order valence-corrected chi connectivity index (χ1v) is 9.62. The van der Waals surface area contributed by atoms with Crippen LogP contribution in [0.15, 0.2) is 55.2 Å². The van der Waals surface area contributed by atoms with Crippen LogP contribution in [0.2, 0.25) is 0 Å². The second-order valence-corrected chi connectivity index (χ2v) is 7.22. The monoisotopic (exact) mass is 410 g/mol. The van der Waals surface area contributed by atoms with Gasteiger partial charge in [0.25, 0.3) is 0 Å². The molecule has 0 saturated carbocycles. The van der Waals surface area contributed by atoms with Crippen LogP contribution in [0.1, 0.15) is 11.3 Å². The van der Waals surface area contributed by atoms with E-state index in [0.717, 1.165) is 29.4 Å². The summed E-state index contributed by atoms with van der Waals surface area (Å²) in [6.07, 6.45) is 7.24. The molecule has 1 aliphatic heterocycles. The van der Waals surface area contributed by atoms with Crippen LogP contribution in [0.4, 0.5) is 10.3 Å². The van der Waals surface area contributed by atoms with E-state index in [4.69, 9.17) is 4.74 Å². The van der Waals surface area contributed by atoms with E-state index in [1.165, 1.54) is 0 Å². The van der Waals surface area contributed by atoms with E-state index in [2.05, 4.69) is 25.3 Å². The van der Waals surface area contributed by atoms with Gasteiger partial charge in [-0.25, -0.2) is 14.4 Å². The van der Waals surface area contributed by atoms with E-state index >= 15 is 0 Å². The van der Waals surface area contributed by atoms with Gasteiger partial charge in [0.2, 0.25) is 5.95 Å². The van der Waals surface area contributed by atoms with Crippen molar-refractivity contribution in [2.45, 2.75) is 12.1 Å². The molecule has 156 valence electrons. The van der Waals surface area contributed by atoms with Gasteiger partial charge < -0.3 is 20.1 Å². The van der Waals surface area contributed by atoms with Gasteiger partial charge in [-0.15, -0.1) is 0 Å². The minimum atomic E-state index is -0.680. The lowest BCUT2D eigenvalue weighted by molar-refractivity contribution is 0.156. The van der Waals surface area contributed by atoms with Gasteiger partial charge in [-0.05, 0) is 17.7 Å². The van der Waals surface area contributed by atoms with Crippen LogP contribution < -0.4 is 15.0 Å². The van der Waals surface area contributed by atoms with Crippen LogP contribution in [0.25, 0.3) is 0 Å². The van der Waals surface area contributed by atoms with Gasteiger partial charge in [-0.1, -0.05) is 12.1 Å². The number of nitrogens with zero attached hydrogens (tertiary/aromatic N) is 5. The Hall–Kier alpha value is -3.17. The van der Waals surface area contributed by atoms with E-state index in [-0.39, 0.29) is 12.5 Å². The summed E-state index contributed by atoms with van der Waals surface area (Å²) in [6, 6.07) is 7.78. The number of aliphatic hydroxyl groups is 1. The predicted molar refractivity (Wildman–Crippen MR) is 108 cm³/mol. The number of aliphatic hydroxyl groups excluding tert-OH is 1. The third-order valence-electron chi connectivity index (χ3n) is 5.48. The lowest BCUT2D eigenvalue weighted by atomic mass is 9.84. The second kappa shape index (κ2) is 8.68. The molecule has 0 aliphatic carbocycles. The lowest BCUT2D eigenvalue weighted by Gasteiger charge is -2.34. The summed E-state index contributed by atoms with van der Waals surface area (Å²) in [5, 5.41) is 13.8. The SMILES string of the molecule is COc1ccc(CNC2(c3cnccn3)CN(c3ncc(F)cn3)CC2CO)cc1. The maximum Gasteiger partial charge on any atom is 0.225 e. The summed E-state index contributed by atoms with van der Waals surface area (Å²) >= 11 is 0. The largest absolute Gasteiger partial charge is 0.497 e. The number of methoxy groups -OCH3 is 1. The standard InChI is InChI=1S/C21H23FN6O2/c1-30-18-4-2-15(3-5-18)8-27-21(19-11-23-6-7-24-19)14-28(12-16(21)13-29)20-25-9-17(22)10-26-20/h2-7,9-11,16,27,29H,8,12-14H2,1H3. The Kier molecular flexibility index (Phi) is 5.82. The molecule has 9 heteroatoms. The molecule has 0 radical (unpaired) electrons. The molecular weight excluding hydrogens is 387 g/mol. The Labute approximate surface area is 173 Å². The fourth-order valence-electron chi connectivity index (χ4n) is 3.86. The van der Waals surface area contributed by atoms with Crippen LogP contribution in [0, 0.1) is 11.7 Å². The zero-order valence-corrected chi connectivity index (χ0v) is 16.6. The highest BCUT2D eigenvalue weighted by Gasteiger charge is 2.49. The Balaban J connectivity index is 1.64. The summed E-state index contributed by atoms with van der Waals surface area (Å²) in [7, 11) is 1.63. The molecule has 8 nitrogen and oxygen atoms in total. The van der Waals surface area contributed by atoms with Gasteiger partial charge in [-0.2, -0.15) is 0 Å². The topological polar surface area (TPSA) is 96.3 Å². The molecule has 2 N–H and O–H groups in total. The van der Waals surface area contributed by atoms with Gasteiger partial charge in [0.1, 0.15) is 5.75 Å². The average molecular weight is 410 g/mol. The van der Waals surface area contributed by atoms with Gasteiger partial charge >= 0.3 is 0 Å². The molecule has 4 rings (SSSR count). The molecule has 3 aromatic rings. The van der Waals surface area contributed by atoms with E-state index in [1.54, 1.807) is 25.7 Å². The van der Waals surface area contributed by atoms with Crippen molar-refractivity contribution >= 4 is 5.95 Å². The highest BCUT2D eigenvalue weighted by atomic mass is 19.1. The predicted octanol–water partition coefficient (Wildman–Crippen LogP) is 1.53. The van der Waals surface area contributed by atoms with Crippen molar-refractivity contribution in [1.29, 1.82) is 0 Å². The van der Waals surface area contributed by atoms with Gasteiger partial charge in [-0.3, -0.25) is 9.97 Å². The highest BCUT2D eigenvalue weighted by molar-refractivity contribution is 5.37. The normalized spacial score (nSPS) is 21.0. The maximum atomic E-state index is 13.3. The third-order valence-corrected chi connectivity index (χ3v) is 5.48. The number of nitrogens with one attached hydrogen (secondary N) is 1. The molecule has 1 fully saturated rings. The van der Waals surface area contributed by atoms with Crippen LogP contribution in [-0.2, 0) is 12.1 Å². The molecule has 1 aromatic carbocycles. The van der Waals surface area contributed by atoms with Crippen LogP contribution in [0.5, 0.6) is 5.75 Å². The van der Waals surface area contributed by atoms with Crippen molar-refractivity contribution in [2.75, 3.05) is 31.7 Å². The van der Waals surface area contributed by atoms with E-state index in [0.29, 0.717) is 25.6 Å². The van der Waals surface area contributed by atoms with Gasteiger partial charge in [0.05, 0.1) is 36.9 Å². The fourth-order valence-corrected chi connectivity index (χ4v) is 3.86. The molecule has 0 bridgehead atoms. The molecule has 1 saturated heterocycles. The first-order chi connectivity index (χ1) is 14.6. The number of hydrogen-bond donors (Lipinski definition) is 2. The van der Waals surface area contributed by atoms with Crippen molar-refractivity contribution in [3.05, 3.63) is 72.3 Å². The molecule has 0 amide bonds. The number of anilines is 1. The Morgan fingerprint density at radius 3 is 2.57 bits per heavy atom. The number of aromatic nitrogens is 4. The molecule has 0 spiro atoms. The van der Waals surface area contributed by atoms with Crippen molar-refractivity contribution in [1.82, 2.24) is 25.3 Å². The average Bonchev–Trinajstić information content (AvgIpc) is 3.19. The summed E-state index contributed by atoms with van der Waals surface area (Å²) < 4.78 is 18.5. The first kappa shape index (κ1) is 20.1. The fraction of sp³-hybridized carbons (Fsp3) is 0.333. The molecule has 30 heavy (non-hydrogen) atoms. The van der Waals surface area contributed by atoms with Crippen molar-refractivity contribution in [3.63, 3.8) is 0 Å². The zero-order chi connectivity index (χ0) is 21.0. The highest BCUT2D eigenvalue weighted by Crippen LogP contribution is 2.37. The smallest absolute Gasteiger partial charge is 0.225 e. The Morgan fingerprint density at radius 2 is 1.93 bits per heavy atom. The number of hydrogen-bond acceptors (Lipinski definition) is 8. The van der Waals surface area contributed by atoms with E-state index < -0.39 is 11.4 Å². The van der Waals surface area contributed by atoms with E-state index in [9.17, 15) is 9.50 Å². The van der Waals surface area contributed by atoms with Crippen molar-refractivity contribution in [3.8, 4) is 5.75 Å². The van der Waals surface area contributed by atoms with Crippen molar-refractivity contribution < 1.29 is 14.2 Å². The summed E-state index contributed by atoms with van der Waals surface area (Å²) in [5.41, 5.74) is 1.11. The Bertz CT molecular complexity index is 957. The quantitative estimate of drug-likeness (QED) is 0.605. The molecule has 1 aliphatic rings. The summed E-state index contributed by atoms with van der Waals surface area (Å²) in [4.78, 5) is 18.9. The molecule has 2 aromatic heterocycles. The summed E-state index contributed by atoms with van der Waals surface area (Å²) in [6.45, 7) is 1.44. The number of benzene rings is 1. The van der Waals surface area contributed by atoms with Gasteiger partial charge in [0, 0.05) is 44.6 Å². The minimum absolute atomic E-state index is 0.0656. The van der Waals surface area contributed by atoms with Crippen LogP contribution >= 0.6 is 0 Å². The Morgan fingerprint density at radius 1 is 1.17 bits per heavy atom. The number of halogens is 1. The van der Waals surface area contributed by atoms with Crippen molar-refractivity contribution in [2.24, 2.45) is 5.92 Å².